The SMILES string of the molecule is Cc1cc(C(=O)NC[C@H]2CN(C)C[C@@H]2c2cccs2)nn1C. The van der Waals surface area contributed by atoms with Gasteiger partial charge in [-0.15, -0.1) is 11.3 Å². The molecule has 22 heavy (non-hydrogen) atoms. The molecule has 1 fully saturated rings. The van der Waals surface area contributed by atoms with Crippen LogP contribution in [0.25, 0.3) is 0 Å². The Hall–Kier alpha value is -1.66. The molecule has 0 aromatic carbocycles. The maximum Gasteiger partial charge on any atom is 0.271 e. The molecule has 1 aliphatic rings. The molecule has 0 spiro atoms. The van der Waals surface area contributed by atoms with E-state index in [1.54, 1.807) is 16.0 Å². The topological polar surface area (TPSA) is 50.2 Å². The molecule has 2 atom stereocenters. The van der Waals surface area contributed by atoms with Gasteiger partial charge in [0.05, 0.1) is 0 Å². The molecule has 1 saturated heterocycles. The summed E-state index contributed by atoms with van der Waals surface area (Å²) in [4.78, 5) is 16.0. The molecule has 118 valence electrons. The molecule has 1 amide bonds. The van der Waals surface area contributed by atoms with Gasteiger partial charge in [-0.3, -0.25) is 9.48 Å². The fourth-order valence-corrected chi connectivity index (χ4v) is 4.02. The van der Waals surface area contributed by atoms with Crippen LogP contribution in [-0.2, 0) is 7.05 Å². The summed E-state index contributed by atoms with van der Waals surface area (Å²) in [6.07, 6.45) is 0. The Morgan fingerprint density at radius 3 is 2.91 bits per heavy atom. The van der Waals surface area contributed by atoms with Crippen LogP contribution in [-0.4, -0.2) is 47.3 Å². The summed E-state index contributed by atoms with van der Waals surface area (Å²) in [5.41, 5.74) is 1.49. The second-order valence-electron chi connectivity index (χ2n) is 6.11. The molecule has 0 aliphatic carbocycles. The standard InChI is InChI=1S/C16H22N4OS/c1-11-7-14(18-20(11)3)16(21)17-8-12-9-19(2)10-13(12)15-5-4-6-22-15/h4-7,12-13H,8-10H2,1-3H3,(H,17,21)/t12-,13-/m0/s1. The predicted molar refractivity (Wildman–Crippen MR) is 88.3 cm³/mol. The first-order valence-corrected chi connectivity index (χ1v) is 8.43. The molecule has 3 heterocycles. The van der Waals surface area contributed by atoms with Crippen LogP contribution in [0.4, 0.5) is 0 Å². The molecule has 0 unspecified atom stereocenters. The molecular weight excluding hydrogens is 296 g/mol. The number of carbonyl (C=O) groups is 1. The largest absolute Gasteiger partial charge is 0.350 e. The van der Waals surface area contributed by atoms with E-state index in [-0.39, 0.29) is 5.91 Å². The smallest absolute Gasteiger partial charge is 0.271 e. The lowest BCUT2D eigenvalue weighted by Gasteiger charge is -2.17. The third-order valence-corrected chi connectivity index (χ3v) is 5.41. The number of rotatable bonds is 4. The Kier molecular flexibility index (Phi) is 4.31. The monoisotopic (exact) mass is 318 g/mol. The molecule has 5 nitrogen and oxygen atoms in total. The maximum absolute atomic E-state index is 12.2. The Morgan fingerprint density at radius 2 is 2.27 bits per heavy atom. The molecule has 2 aromatic heterocycles. The summed E-state index contributed by atoms with van der Waals surface area (Å²) >= 11 is 1.81. The quantitative estimate of drug-likeness (QED) is 0.936. The van der Waals surface area contributed by atoms with Crippen LogP contribution in [0.1, 0.15) is 27.0 Å². The van der Waals surface area contributed by atoms with Crippen LogP contribution >= 0.6 is 11.3 Å². The van der Waals surface area contributed by atoms with Gasteiger partial charge in [-0.05, 0) is 37.4 Å². The Morgan fingerprint density at radius 1 is 1.45 bits per heavy atom. The van der Waals surface area contributed by atoms with Crippen molar-refractivity contribution in [1.29, 1.82) is 0 Å². The Balaban J connectivity index is 1.63. The van der Waals surface area contributed by atoms with Gasteiger partial charge in [0.1, 0.15) is 5.69 Å². The highest BCUT2D eigenvalue weighted by Gasteiger charge is 2.32. The maximum atomic E-state index is 12.2. The lowest BCUT2D eigenvalue weighted by Crippen LogP contribution is -2.32. The van der Waals surface area contributed by atoms with E-state index in [4.69, 9.17) is 0 Å². The van der Waals surface area contributed by atoms with Crippen LogP contribution in [0.15, 0.2) is 23.6 Å². The zero-order valence-corrected chi connectivity index (χ0v) is 14.1. The summed E-state index contributed by atoms with van der Waals surface area (Å²) in [5, 5.41) is 9.42. The van der Waals surface area contributed by atoms with E-state index < -0.39 is 0 Å². The van der Waals surface area contributed by atoms with Gasteiger partial charge in [0.15, 0.2) is 0 Å². The van der Waals surface area contributed by atoms with Crippen molar-refractivity contribution in [2.45, 2.75) is 12.8 Å². The van der Waals surface area contributed by atoms with E-state index in [1.807, 2.05) is 20.0 Å². The van der Waals surface area contributed by atoms with E-state index in [1.165, 1.54) is 4.88 Å². The number of aryl methyl sites for hydroxylation is 2. The van der Waals surface area contributed by atoms with Crippen LogP contribution in [0.3, 0.4) is 0 Å². The number of nitrogens with one attached hydrogen (secondary N) is 1. The second kappa shape index (κ2) is 6.22. The van der Waals surface area contributed by atoms with Crippen molar-refractivity contribution in [3.8, 4) is 0 Å². The predicted octanol–water partition coefficient (Wildman–Crippen LogP) is 1.87. The van der Waals surface area contributed by atoms with Crippen LogP contribution in [0.5, 0.6) is 0 Å². The first-order valence-electron chi connectivity index (χ1n) is 7.55. The number of carbonyl (C=O) groups excluding carboxylic acids is 1. The summed E-state index contributed by atoms with van der Waals surface area (Å²) in [6, 6.07) is 6.13. The minimum atomic E-state index is -0.0804. The van der Waals surface area contributed by atoms with Gasteiger partial charge in [0.25, 0.3) is 5.91 Å². The normalized spacial score (nSPS) is 22.1. The number of amides is 1. The number of aromatic nitrogens is 2. The first-order chi connectivity index (χ1) is 10.5. The van der Waals surface area contributed by atoms with Crippen LogP contribution in [0.2, 0.25) is 0 Å². The number of thiophene rings is 1. The fraction of sp³-hybridized carbons (Fsp3) is 0.500. The summed E-state index contributed by atoms with van der Waals surface area (Å²) in [7, 11) is 4.00. The molecule has 0 saturated carbocycles. The summed E-state index contributed by atoms with van der Waals surface area (Å²) in [6.45, 7) is 4.72. The van der Waals surface area contributed by atoms with Crippen molar-refractivity contribution in [1.82, 2.24) is 20.0 Å². The van der Waals surface area contributed by atoms with Crippen molar-refractivity contribution >= 4 is 17.2 Å². The average Bonchev–Trinajstić information content (AvgIpc) is 3.18. The van der Waals surface area contributed by atoms with Crippen molar-refractivity contribution in [3.63, 3.8) is 0 Å². The molecule has 1 aliphatic heterocycles. The van der Waals surface area contributed by atoms with Gasteiger partial charge in [-0.1, -0.05) is 6.07 Å². The molecule has 0 radical (unpaired) electrons. The molecule has 0 bridgehead atoms. The van der Waals surface area contributed by atoms with Gasteiger partial charge in [0.2, 0.25) is 0 Å². The fourth-order valence-electron chi connectivity index (χ4n) is 3.10. The van der Waals surface area contributed by atoms with E-state index in [2.05, 4.69) is 39.9 Å². The van der Waals surface area contributed by atoms with Crippen molar-refractivity contribution < 1.29 is 4.79 Å². The van der Waals surface area contributed by atoms with E-state index in [9.17, 15) is 4.79 Å². The number of hydrogen-bond acceptors (Lipinski definition) is 4. The number of likely N-dealkylation sites (tertiary alicyclic amines) is 1. The number of nitrogens with zero attached hydrogens (tertiary/aromatic N) is 3. The number of likely N-dealkylation sites (N-methyl/N-ethyl adjacent to an activating group) is 1. The van der Waals surface area contributed by atoms with Gasteiger partial charge >= 0.3 is 0 Å². The lowest BCUT2D eigenvalue weighted by atomic mass is 9.94. The summed E-state index contributed by atoms with van der Waals surface area (Å²) < 4.78 is 1.73. The molecular formula is C16H22N4OS. The molecule has 3 rings (SSSR count). The second-order valence-corrected chi connectivity index (χ2v) is 7.09. The lowest BCUT2D eigenvalue weighted by molar-refractivity contribution is 0.0941. The van der Waals surface area contributed by atoms with E-state index in [0.29, 0.717) is 24.1 Å². The number of hydrogen-bond donors (Lipinski definition) is 1. The molecule has 2 aromatic rings. The van der Waals surface area contributed by atoms with Crippen LogP contribution in [0, 0.1) is 12.8 Å². The third kappa shape index (κ3) is 3.08. The average molecular weight is 318 g/mol. The highest BCUT2D eigenvalue weighted by molar-refractivity contribution is 7.10. The Bertz CT molecular complexity index is 630. The van der Waals surface area contributed by atoms with Crippen molar-refractivity contribution in [3.05, 3.63) is 39.8 Å². The van der Waals surface area contributed by atoms with Gasteiger partial charge in [0, 0.05) is 43.2 Å². The zero-order valence-electron chi connectivity index (χ0n) is 13.2. The van der Waals surface area contributed by atoms with Gasteiger partial charge < -0.3 is 10.2 Å². The van der Waals surface area contributed by atoms with Gasteiger partial charge in [-0.25, -0.2) is 0 Å². The van der Waals surface area contributed by atoms with Crippen LogP contribution < -0.4 is 5.32 Å². The Labute approximate surface area is 134 Å². The highest BCUT2D eigenvalue weighted by atomic mass is 32.1. The third-order valence-electron chi connectivity index (χ3n) is 4.40. The minimum Gasteiger partial charge on any atom is -0.350 e. The zero-order chi connectivity index (χ0) is 15.7. The highest BCUT2D eigenvalue weighted by Crippen LogP contribution is 2.34. The molecule has 1 N–H and O–H groups in total. The first kappa shape index (κ1) is 15.2. The van der Waals surface area contributed by atoms with E-state index >= 15 is 0 Å². The summed E-state index contributed by atoms with van der Waals surface area (Å²) in [5.74, 6) is 0.886. The van der Waals surface area contributed by atoms with E-state index in [0.717, 1.165) is 18.8 Å². The van der Waals surface area contributed by atoms with Crippen molar-refractivity contribution in [2.24, 2.45) is 13.0 Å². The van der Waals surface area contributed by atoms with Gasteiger partial charge in [-0.2, -0.15) is 5.10 Å². The van der Waals surface area contributed by atoms with Crippen molar-refractivity contribution in [2.75, 3.05) is 26.7 Å². The minimum absolute atomic E-state index is 0.0804. The molecule has 6 heteroatoms.